The summed E-state index contributed by atoms with van der Waals surface area (Å²) in [6, 6.07) is 14.7. The number of nitrogens with zero attached hydrogens (tertiary/aromatic N) is 1. The van der Waals surface area contributed by atoms with Crippen LogP contribution >= 0.6 is 22.6 Å². The summed E-state index contributed by atoms with van der Waals surface area (Å²) in [4.78, 5) is 27.4. The molecule has 130 valence electrons. The highest BCUT2D eigenvalue weighted by atomic mass is 127. The van der Waals surface area contributed by atoms with Gasteiger partial charge in [-0.2, -0.15) is 0 Å². The summed E-state index contributed by atoms with van der Waals surface area (Å²) in [6.07, 6.45) is 4.44. The van der Waals surface area contributed by atoms with Crippen molar-refractivity contribution in [1.82, 2.24) is 4.90 Å². The first-order valence-electron chi connectivity index (χ1n) is 8.61. The molecule has 0 saturated carbocycles. The van der Waals surface area contributed by atoms with E-state index in [-0.39, 0.29) is 11.8 Å². The fraction of sp³-hybridized carbons (Fsp3) is 0.300. The monoisotopic (exact) mass is 448 g/mol. The van der Waals surface area contributed by atoms with Crippen LogP contribution in [-0.2, 0) is 0 Å². The second-order valence-electron chi connectivity index (χ2n) is 6.19. The molecule has 0 bridgehead atoms. The number of carbonyl (C=O) groups is 2. The van der Waals surface area contributed by atoms with Gasteiger partial charge in [0.15, 0.2) is 0 Å². The number of rotatable bonds is 3. The Kier molecular flexibility index (Phi) is 6.07. The van der Waals surface area contributed by atoms with Gasteiger partial charge in [-0.15, -0.1) is 0 Å². The minimum Gasteiger partial charge on any atom is -0.339 e. The maximum atomic E-state index is 12.9. The van der Waals surface area contributed by atoms with Crippen LogP contribution < -0.4 is 5.32 Å². The van der Waals surface area contributed by atoms with E-state index in [2.05, 4.69) is 27.9 Å². The van der Waals surface area contributed by atoms with E-state index in [0.29, 0.717) is 16.8 Å². The molecule has 0 atom stereocenters. The Bertz CT molecular complexity index is 768. The molecule has 3 rings (SSSR count). The molecule has 0 spiro atoms. The number of para-hydroxylation sites is 1. The molecule has 2 amide bonds. The fourth-order valence-electron chi connectivity index (χ4n) is 3.06. The van der Waals surface area contributed by atoms with E-state index in [0.717, 1.165) is 29.5 Å². The van der Waals surface area contributed by atoms with Crippen molar-refractivity contribution in [3.8, 4) is 0 Å². The van der Waals surface area contributed by atoms with Gasteiger partial charge in [0.25, 0.3) is 11.8 Å². The number of benzene rings is 2. The van der Waals surface area contributed by atoms with E-state index in [1.807, 2.05) is 35.2 Å². The summed E-state index contributed by atoms with van der Waals surface area (Å²) in [7, 11) is 0. The highest BCUT2D eigenvalue weighted by Crippen LogP contribution is 2.21. The molecule has 1 aliphatic heterocycles. The van der Waals surface area contributed by atoms with E-state index in [9.17, 15) is 9.59 Å². The van der Waals surface area contributed by atoms with Gasteiger partial charge in [-0.25, -0.2) is 0 Å². The minimum absolute atomic E-state index is 0.000517. The van der Waals surface area contributed by atoms with Crippen molar-refractivity contribution >= 4 is 40.1 Å². The lowest BCUT2D eigenvalue weighted by atomic mass is 10.1. The van der Waals surface area contributed by atoms with E-state index in [1.54, 1.807) is 18.2 Å². The number of hydrogen-bond acceptors (Lipinski definition) is 2. The molecule has 2 aromatic carbocycles. The van der Waals surface area contributed by atoms with Gasteiger partial charge in [-0.3, -0.25) is 9.59 Å². The minimum atomic E-state index is -0.193. The zero-order valence-corrected chi connectivity index (χ0v) is 16.2. The van der Waals surface area contributed by atoms with Gasteiger partial charge in [-0.1, -0.05) is 37.1 Å². The summed E-state index contributed by atoms with van der Waals surface area (Å²) >= 11 is 2.14. The van der Waals surface area contributed by atoms with E-state index in [1.165, 1.54) is 12.8 Å². The van der Waals surface area contributed by atoms with E-state index >= 15 is 0 Å². The molecule has 0 aliphatic carbocycles. The fourth-order valence-corrected chi connectivity index (χ4v) is 3.69. The predicted octanol–water partition coefficient (Wildman–Crippen LogP) is 4.56. The second kappa shape index (κ2) is 8.47. The molecule has 5 heteroatoms. The van der Waals surface area contributed by atoms with Crippen molar-refractivity contribution in [3.05, 3.63) is 63.2 Å². The third-order valence-corrected chi connectivity index (χ3v) is 5.36. The third kappa shape index (κ3) is 4.39. The van der Waals surface area contributed by atoms with Crippen molar-refractivity contribution in [2.24, 2.45) is 0 Å². The summed E-state index contributed by atoms with van der Waals surface area (Å²) in [5.41, 5.74) is 1.74. The van der Waals surface area contributed by atoms with Crippen molar-refractivity contribution < 1.29 is 9.59 Å². The Morgan fingerprint density at radius 1 is 0.840 bits per heavy atom. The quantitative estimate of drug-likeness (QED) is 0.701. The number of hydrogen-bond donors (Lipinski definition) is 1. The van der Waals surface area contributed by atoms with Gasteiger partial charge < -0.3 is 10.2 Å². The first-order chi connectivity index (χ1) is 12.2. The highest BCUT2D eigenvalue weighted by molar-refractivity contribution is 14.1. The molecule has 0 aromatic heterocycles. The number of likely N-dealkylation sites (tertiary alicyclic amines) is 1. The van der Waals surface area contributed by atoms with Crippen LogP contribution in [0, 0.1) is 3.57 Å². The molecule has 1 N–H and O–H groups in total. The second-order valence-corrected chi connectivity index (χ2v) is 7.35. The maximum absolute atomic E-state index is 12.9. The van der Waals surface area contributed by atoms with Crippen molar-refractivity contribution in [2.75, 3.05) is 18.4 Å². The lowest BCUT2D eigenvalue weighted by molar-refractivity contribution is 0.0762. The molecule has 1 heterocycles. The molecule has 0 unspecified atom stereocenters. The zero-order chi connectivity index (χ0) is 17.6. The maximum Gasteiger partial charge on any atom is 0.256 e. The summed E-state index contributed by atoms with van der Waals surface area (Å²) in [5, 5.41) is 2.91. The molecule has 2 aromatic rings. The van der Waals surface area contributed by atoms with Crippen molar-refractivity contribution in [2.45, 2.75) is 25.7 Å². The standard InChI is InChI=1S/C20H21IN2O2/c21-17-11-5-3-9-15(17)19(24)22-18-12-6-4-10-16(18)20(25)23-13-7-1-2-8-14-23/h3-6,9-12H,1-2,7-8,13-14H2,(H,22,24). The average Bonchev–Trinajstić information content (AvgIpc) is 2.91. The number of amides is 2. The first kappa shape index (κ1) is 17.9. The number of nitrogens with one attached hydrogen (secondary N) is 1. The molecule has 1 fully saturated rings. The lowest BCUT2D eigenvalue weighted by Crippen LogP contribution is -2.32. The van der Waals surface area contributed by atoms with Crippen molar-refractivity contribution in [1.29, 1.82) is 0 Å². The largest absolute Gasteiger partial charge is 0.339 e. The predicted molar refractivity (Wildman–Crippen MR) is 108 cm³/mol. The van der Waals surface area contributed by atoms with Crippen LogP contribution in [-0.4, -0.2) is 29.8 Å². The van der Waals surface area contributed by atoms with E-state index in [4.69, 9.17) is 0 Å². The van der Waals surface area contributed by atoms with Gasteiger partial charge in [-0.05, 0) is 59.7 Å². The van der Waals surface area contributed by atoms with Crippen LogP contribution in [0.3, 0.4) is 0 Å². The number of anilines is 1. The molecule has 0 radical (unpaired) electrons. The molecule has 4 nitrogen and oxygen atoms in total. The first-order valence-corrected chi connectivity index (χ1v) is 9.69. The van der Waals surface area contributed by atoms with Gasteiger partial charge in [0.2, 0.25) is 0 Å². The van der Waals surface area contributed by atoms with Crippen LogP contribution in [0.5, 0.6) is 0 Å². The Morgan fingerprint density at radius 3 is 2.12 bits per heavy atom. The van der Waals surface area contributed by atoms with Crippen LogP contribution in [0.25, 0.3) is 0 Å². The van der Waals surface area contributed by atoms with Crippen LogP contribution in [0.2, 0.25) is 0 Å². The average molecular weight is 448 g/mol. The van der Waals surface area contributed by atoms with Crippen LogP contribution in [0.4, 0.5) is 5.69 Å². The smallest absolute Gasteiger partial charge is 0.256 e. The normalized spacial score (nSPS) is 14.7. The summed E-state index contributed by atoms with van der Waals surface area (Å²) in [6.45, 7) is 1.58. The summed E-state index contributed by atoms with van der Waals surface area (Å²) in [5.74, 6) is -0.193. The van der Waals surface area contributed by atoms with Crippen molar-refractivity contribution in [3.63, 3.8) is 0 Å². The molecule has 1 aliphatic rings. The summed E-state index contributed by atoms with van der Waals surface area (Å²) < 4.78 is 0.883. The van der Waals surface area contributed by atoms with Crippen LogP contribution in [0.1, 0.15) is 46.4 Å². The van der Waals surface area contributed by atoms with Gasteiger partial charge in [0, 0.05) is 16.7 Å². The number of carbonyl (C=O) groups excluding carboxylic acids is 2. The Hall–Kier alpha value is -1.89. The Labute approximate surface area is 161 Å². The topological polar surface area (TPSA) is 49.4 Å². The number of halogens is 1. The molecular weight excluding hydrogens is 427 g/mol. The van der Waals surface area contributed by atoms with Crippen LogP contribution in [0.15, 0.2) is 48.5 Å². The van der Waals surface area contributed by atoms with E-state index < -0.39 is 0 Å². The molecule has 1 saturated heterocycles. The lowest BCUT2D eigenvalue weighted by Gasteiger charge is -2.22. The zero-order valence-electron chi connectivity index (χ0n) is 14.0. The third-order valence-electron chi connectivity index (χ3n) is 4.42. The SMILES string of the molecule is O=C(Nc1ccccc1C(=O)N1CCCCCC1)c1ccccc1I. The Morgan fingerprint density at radius 2 is 1.44 bits per heavy atom. The highest BCUT2D eigenvalue weighted by Gasteiger charge is 2.21. The van der Waals surface area contributed by atoms with Gasteiger partial charge in [0.05, 0.1) is 16.8 Å². The molecular formula is C20H21IN2O2. The molecule has 25 heavy (non-hydrogen) atoms. The van der Waals surface area contributed by atoms with Gasteiger partial charge in [0.1, 0.15) is 0 Å². The Balaban J connectivity index is 1.82. The van der Waals surface area contributed by atoms with Gasteiger partial charge >= 0.3 is 0 Å².